The molecule has 1 aliphatic heterocycles. The smallest absolute Gasteiger partial charge is 0.341 e. The van der Waals surface area contributed by atoms with Crippen LogP contribution in [0.5, 0.6) is 11.5 Å². The second-order valence-electron chi connectivity index (χ2n) is 7.03. The van der Waals surface area contributed by atoms with Gasteiger partial charge in [0, 0.05) is 5.69 Å². The Bertz CT molecular complexity index is 1120. The van der Waals surface area contributed by atoms with Gasteiger partial charge in [-0.3, -0.25) is 4.79 Å². The average molecular weight is 421 g/mol. The van der Waals surface area contributed by atoms with Crippen molar-refractivity contribution < 1.29 is 23.8 Å². The molecule has 0 saturated heterocycles. The molecular weight excluding hydrogens is 398 g/mol. The molecule has 160 valence electrons. The Morgan fingerprint density at radius 1 is 1.13 bits per heavy atom. The third-order valence-electron chi connectivity index (χ3n) is 4.85. The van der Waals surface area contributed by atoms with Crippen molar-refractivity contribution in [3.05, 3.63) is 65.5 Å². The zero-order chi connectivity index (χ0) is 21.8. The Labute approximate surface area is 179 Å². The standard InChI is InChI=1S/C23H23N3O5/c1-3-29-23(28)19-14-24-26(15(19)2)18-6-4-5-17(13-18)25-22(27)12-16-7-8-20-21(11-16)31-10-9-30-20/h4-8,11,13-14H,3,9-10,12H2,1-2H3,(H,25,27). The fourth-order valence-corrected chi connectivity index (χ4v) is 3.38. The molecular formula is C23H23N3O5. The number of ether oxygens (including phenoxy) is 3. The molecule has 31 heavy (non-hydrogen) atoms. The quantitative estimate of drug-likeness (QED) is 0.614. The van der Waals surface area contributed by atoms with E-state index in [1.165, 1.54) is 6.20 Å². The van der Waals surface area contributed by atoms with E-state index in [4.69, 9.17) is 14.2 Å². The number of fused-ring (bicyclic) bond motifs is 1. The maximum absolute atomic E-state index is 12.6. The van der Waals surface area contributed by atoms with Crippen LogP contribution in [0.3, 0.4) is 0 Å². The van der Waals surface area contributed by atoms with Crippen molar-refractivity contribution in [2.24, 2.45) is 0 Å². The minimum absolute atomic E-state index is 0.154. The number of anilines is 1. The van der Waals surface area contributed by atoms with E-state index >= 15 is 0 Å². The van der Waals surface area contributed by atoms with Crippen LogP contribution in [-0.2, 0) is 16.0 Å². The molecule has 0 bridgehead atoms. The van der Waals surface area contributed by atoms with Crippen molar-refractivity contribution in [1.82, 2.24) is 9.78 Å². The van der Waals surface area contributed by atoms with E-state index in [0.29, 0.717) is 48.3 Å². The summed E-state index contributed by atoms with van der Waals surface area (Å²) in [5.74, 6) is 0.790. The van der Waals surface area contributed by atoms with Crippen molar-refractivity contribution in [3.8, 4) is 17.2 Å². The van der Waals surface area contributed by atoms with E-state index in [-0.39, 0.29) is 12.3 Å². The first-order chi connectivity index (χ1) is 15.0. The Balaban J connectivity index is 1.46. The van der Waals surface area contributed by atoms with Crippen LogP contribution in [0.2, 0.25) is 0 Å². The lowest BCUT2D eigenvalue weighted by atomic mass is 10.1. The molecule has 0 unspecified atom stereocenters. The van der Waals surface area contributed by atoms with Gasteiger partial charge in [-0.1, -0.05) is 12.1 Å². The number of aromatic nitrogens is 2. The van der Waals surface area contributed by atoms with Crippen LogP contribution in [0.15, 0.2) is 48.7 Å². The fraction of sp³-hybridized carbons (Fsp3) is 0.261. The number of amides is 1. The zero-order valence-electron chi connectivity index (χ0n) is 17.4. The highest BCUT2D eigenvalue weighted by atomic mass is 16.6. The topological polar surface area (TPSA) is 91.7 Å². The number of hydrogen-bond donors (Lipinski definition) is 1. The summed E-state index contributed by atoms with van der Waals surface area (Å²) in [6, 6.07) is 12.8. The Kier molecular flexibility index (Phi) is 5.88. The average Bonchev–Trinajstić information content (AvgIpc) is 3.15. The van der Waals surface area contributed by atoms with E-state index in [0.717, 1.165) is 11.3 Å². The van der Waals surface area contributed by atoms with Crippen LogP contribution < -0.4 is 14.8 Å². The van der Waals surface area contributed by atoms with Gasteiger partial charge >= 0.3 is 5.97 Å². The van der Waals surface area contributed by atoms with Crippen molar-refractivity contribution in [1.29, 1.82) is 0 Å². The maximum atomic E-state index is 12.6. The first kappa shape index (κ1) is 20.5. The summed E-state index contributed by atoms with van der Waals surface area (Å²) < 4.78 is 17.8. The molecule has 0 aliphatic carbocycles. The molecule has 8 heteroatoms. The van der Waals surface area contributed by atoms with Gasteiger partial charge in [-0.05, 0) is 49.7 Å². The monoisotopic (exact) mass is 421 g/mol. The molecule has 1 amide bonds. The molecule has 4 rings (SSSR count). The summed E-state index contributed by atoms with van der Waals surface area (Å²) in [6.45, 7) is 4.88. The number of hydrogen-bond acceptors (Lipinski definition) is 6. The van der Waals surface area contributed by atoms with E-state index in [2.05, 4.69) is 10.4 Å². The van der Waals surface area contributed by atoms with Gasteiger partial charge in [0.25, 0.3) is 0 Å². The van der Waals surface area contributed by atoms with Gasteiger partial charge in [0.1, 0.15) is 18.8 Å². The number of benzene rings is 2. The number of esters is 1. The van der Waals surface area contributed by atoms with Crippen LogP contribution in [0.4, 0.5) is 5.69 Å². The number of carbonyl (C=O) groups excluding carboxylic acids is 2. The molecule has 0 saturated carbocycles. The van der Waals surface area contributed by atoms with Crippen molar-refractivity contribution >= 4 is 17.6 Å². The van der Waals surface area contributed by atoms with Crippen molar-refractivity contribution in [2.45, 2.75) is 20.3 Å². The van der Waals surface area contributed by atoms with Crippen LogP contribution in [0, 0.1) is 6.92 Å². The minimum Gasteiger partial charge on any atom is -0.486 e. The minimum atomic E-state index is -0.407. The van der Waals surface area contributed by atoms with Crippen molar-refractivity contribution in [3.63, 3.8) is 0 Å². The highest BCUT2D eigenvalue weighted by Gasteiger charge is 2.17. The number of rotatable bonds is 6. The molecule has 1 aromatic heterocycles. The second kappa shape index (κ2) is 8.91. The molecule has 0 spiro atoms. The second-order valence-corrected chi connectivity index (χ2v) is 7.03. The summed E-state index contributed by atoms with van der Waals surface area (Å²) >= 11 is 0. The van der Waals surface area contributed by atoms with Crippen LogP contribution >= 0.6 is 0 Å². The van der Waals surface area contributed by atoms with Gasteiger partial charge in [0.2, 0.25) is 5.91 Å². The predicted octanol–water partition coefficient (Wildman–Crippen LogP) is 3.31. The molecule has 2 heterocycles. The summed E-state index contributed by atoms with van der Waals surface area (Å²) in [7, 11) is 0. The molecule has 0 atom stereocenters. The predicted molar refractivity (Wildman–Crippen MR) is 114 cm³/mol. The Hall–Kier alpha value is -3.81. The summed E-state index contributed by atoms with van der Waals surface area (Å²) in [5.41, 5.74) is 3.27. The highest BCUT2D eigenvalue weighted by Crippen LogP contribution is 2.31. The third kappa shape index (κ3) is 4.53. The van der Waals surface area contributed by atoms with E-state index in [9.17, 15) is 9.59 Å². The van der Waals surface area contributed by atoms with Gasteiger partial charge in [0.15, 0.2) is 11.5 Å². The molecule has 0 radical (unpaired) electrons. The van der Waals surface area contributed by atoms with Gasteiger partial charge in [-0.15, -0.1) is 0 Å². The van der Waals surface area contributed by atoms with E-state index in [1.807, 2.05) is 30.3 Å². The normalized spacial score (nSPS) is 12.3. The molecule has 2 aromatic carbocycles. The fourth-order valence-electron chi connectivity index (χ4n) is 3.38. The van der Waals surface area contributed by atoms with Crippen LogP contribution in [0.25, 0.3) is 5.69 Å². The first-order valence-electron chi connectivity index (χ1n) is 10.1. The van der Waals surface area contributed by atoms with Crippen LogP contribution in [0.1, 0.15) is 28.5 Å². The summed E-state index contributed by atoms with van der Waals surface area (Å²) in [5, 5.41) is 7.20. The summed E-state index contributed by atoms with van der Waals surface area (Å²) in [6.07, 6.45) is 1.69. The molecule has 1 aliphatic rings. The lowest BCUT2D eigenvalue weighted by Gasteiger charge is -2.18. The third-order valence-corrected chi connectivity index (χ3v) is 4.85. The number of nitrogens with zero attached hydrogens (tertiary/aromatic N) is 2. The highest BCUT2D eigenvalue weighted by molar-refractivity contribution is 5.93. The van der Waals surface area contributed by atoms with Gasteiger partial charge in [-0.25, -0.2) is 9.48 Å². The lowest BCUT2D eigenvalue weighted by Crippen LogP contribution is -2.17. The number of carbonyl (C=O) groups is 2. The molecule has 3 aromatic rings. The van der Waals surface area contributed by atoms with Crippen LogP contribution in [-0.4, -0.2) is 41.5 Å². The van der Waals surface area contributed by atoms with E-state index in [1.54, 1.807) is 30.7 Å². The van der Waals surface area contributed by atoms with Gasteiger partial charge in [0.05, 0.1) is 30.6 Å². The first-order valence-corrected chi connectivity index (χ1v) is 10.1. The Morgan fingerprint density at radius 2 is 1.94 bits per heavy atom. The van der Waals surface area contributed by atoms with Gasteiger partial charge in [-0.2, -0.15) is 5.10 Å². The largest absolute Gasteiger partial charge is 0.486 e. The van der Waals surface area contributed by atoms with Gasteiger partial charge < -0.3 is 19.5 Å². The van der Waals surface area contributed by atoms with Crippen molar-refractivity contribution in [2.75, 3.05) is 25.1 Å². The molecule has 1 N–H and O–H groups in total. The van der Waals surface area contributed by atoms with E-state index < -0.39 is 5.97 Å². The molecule has 0 fully saturated rings. The summed E-state index contributed by atoms with van der Waals surface area (Å²) in [4.78, 5) is 24.6. The maximum Gasteiger partial charge on any atom is 0.341 e. The molecule has 8 nitrogen and oxygen atoms in total. The zero-order valence-corrected chi connectivity index (χ0v) is 17.4. The SMILES string of the molecule is CCOC(=O)c1cnn(-c2cccc(NC(=O)Cc3ccc4c(c3)OCCO4)c2)c1C. The lowest BCUT2D eigenvalue weighted by molar-refractivity contribution is -0.115. The Morgan fingerprint density at radius 3 is 2.74 bits per heavy atom. The number of nitrogens with one attached hydrogen (secondary N) is 1.